The molecule has 1 amide bonds. The van der Waals surface area contributed by atoms with E-state index in [1.165, 1.54) is 31.4 Å². The van der Waals surface area contributed by atoms with E-state index in [1.807, 2.05) is 23.8 Å². The van der Waals surface area contributed by atoms with Crippen LogP contribution in [0.1, 0.15) is 18.1 Å². The van der Waals surface area contributed by atoms with Crippen LogP contribution >= 0.6 is 22.9 Å². The number of benzene rings is 1. The van der Waals surface area contributed by atoms with E-state index in [9.17, 15) is 9.59 Å². The van der Waals surface area contributed by atoms with Gasteiger partial charge in [0.15, 0.2) is 6.10 Å². The summed E-state index contributed by atoms with van der Waals surface area (Å²) in [7, 11) is 1.48. The molecule has 25 heavy (non-hydrogen) atoms. The Hall–Kier alpha value is -2.31. The summed E-state index contributed by atoms with van der Waals surface area (Å²) in [6.45, 7) is 3.32. The number of thiophene rings is 1. The number of carbonyl (C=O) groups is 2. The van der Waals surface area contributed by atoms with Crippen molar-refractivity contribution in [1.82, 2.24) is 0 Å². The van der Waals surface area contributed by atoms with Crippen molar-refractivity contribution in [2.75, 3.05) is 12.4 Å². The van der Waals surface area contributed by atoms with E-state index in [0.717, 1.165) is 11.1 Å². The van der Waals surface area contributed by atoms with Crippen molar-refractivity contribution >= 4 is 46.6 Å². The molecule has 1 heterocycles. The third kappa shape index (κ3) is 5.34. The third-order valence-electron chi connectivity index (χ3n) is 3.36. The van der Waals surface area contributed by atoms with Gasteiger partial charge in [-0.3, -0.25) is 4.79 Å². The number of amides is 1. The summed E-state index contributed by atoms with van der Waals surface area (Å²) in [5.74, 6) is -0.620. The molecule has 0 unspecified atom stereocenters. The van der Waals surface area contributed by atoms with Gasteiger partial charge in [0, 0.05) is 17.2 Å². The van der Waals surface area contributed by atoms with Crippen LogP contribution in [-0.2, 0) is 14.3 Å². The zero-order valence-corrected chi connectivity index (χ0v) is 15.6. The van der Waals surface area contributed by atoms with E-state index in [1.54, 1.807) is 18.2 Å². The molecule has 5 nitrogen and oxygen atoms in total. The largest absolute Gasteiger partial charge is 0.495 e. The van der Waals surface area contributed by atoms with Gasteiger partial charge in [0.05, 0.1) is 12.8 Å². The van der Waals surface area contributed by atoms with Crippen molar-refractivity contribution in [3.63, 3.8) is 0 Å². The fourth-order valence-electron chi connectivity index (χ4n) is 1.97. The second kappa shape index (κ2) is 8.69. The minimum absolute atomic E-state index is 0.430. The molecule has 132 valence electrons. The number of methoxy groups -OCH3 is 1. The molecule has 0 saturated heterocycles. The third-order valence-corrected chi connectivity index (χ3v) is 4.46. The quantitative estimate of drug-likeness (QED) is 0.600. The van der Waals surface area contributed by atoms with E-state index < -0.39 is 18.0 Å². The van der Waals surface area contributed by atoms with Crippen LogP contribution in [0.2, 0.25) is 5.02 Å². The molecule has 1 aromatic heterocycles. The van der Waals surface area contributed by atoms with E-state index in [4.69, 9.17) is 21.1 Å². The summed E-state index contributed by atoms with van der Waals surface area (Å²) >= 11 is 7.57. The van der Waals surface area contributed by atoms with Crippen LogP contribution in [0.4, 0.5) is 5.69 Å². The molecule has 0 aliphatic rings. The lowest BCUT2D eigenvalue weighted by atomic mass is 10.2. The van der Waals surface area contributed by atoms with E-state index in [2.05, 4.69) is 5.32 Å². The highest BCUT2D eigenvalue weighted by Gasteiger charge is 2.19. The van der Waals surface area contributed by atoms with Gasteiger partial charge in [0.1, 0.15) is 5.75 Å². The molecular formula is C18H18ClNO4S. The molecule has 0 bridgehead atoms. The van der Waals surface area contributed by atoms with Gasteiger partial charge in [0.2, 0.25) is 0 Å². The van der Waals surface area contributed by atoms with Crippen molar-refractivity contribution in [2.45, 2.75) is 20.0 Å². The fraction of sp³-hybridized carbons (Fsp3) is 0.222. The first kappa shape index (κ1) is 19.0. The van der Waals surface area contributed by atoms with Gasteiger partial charge < -0.3 is 14.8 Å². The summed E-state index contributed by atoms with van der Waals surface area (Å²) in [6, 6.07) is 5.19. The number of hydrogen-bond donors (Lipinski definition) is 1. The molecule has 0 aliphatic carbocycles. The van der Waals surface area contributed by atoms with Crippen LogP contribution < -0.4 is 10.1 Å². The Balaban J connectivity index is 1.98. The van der Waals surface area contributed by atoms with Gasteiger partial charge in [-0.2, -0.15) is 11.3 Å². The second-order valence-corrected chi connectivity index (χ2v) is 6.45. The van der Waals surface area contributed by atoms with E-state index in [-0.39, 0.29) is 0 Å². The molecule has 0 saturated carbocycles. The van der Waals surface area contributed by atoms with Crippen LogP contribution in [0.25, 0.3) is 6.08 Å². The number of esters is 1. The Morgan fingerprint density at radius 1 is 1.36 bits per heavy atom. The Morgan fingerprint density at radius 2 is 2.12 bits per heavy atom. The maximum Gasteiger partial charge on any atom is 0.331 e. The fourth-order valence-corrected chi connectivity index (χ4v) is 2.75. The average molecular weight is 380 g/mol. The predicted molar refractivity (Wildman–Crippen MR) is 100 cm³/mol. The number of ether oxygens (including phenoxy) is 2. The van der Waals surface area contributed by atoms with Crippen LogP contribution in [0, 0.1) is 6.92 Å². The molecule has 7 heteroatoms. The van der Waals surface area contributed by atoms with Crippen molar-refractivity contribution in [3.8, 4) is 5.75 Å². The first-order valence-corrected chi connectivity index (χ1v) is 8.78. The lowest BCUT2D eigenvalue weighted by molar-refractivity contribution is -0.148. The van der Waals surface area contributed by atoms with Crippen molar-refractivity contribution in [2.24, 2.45) is 0 Å². The smallest absolute Gasteiger partial charge is 0.331 e. The molecular weight excluding hydrogens is 362 g/mol. The monoisotopic (exact) mass is 379 g/mol. The number of nitrogens with one attached hydrogen (secondary N) is 1. The van der Waals surface area contributed by atoms with Gasteiger partial charge >= 0.3 is 5.97 Å². The van der Waals surface area contributed by atoms with Gasteiger partial charge in [0.25, 0.3) is 5.91 Å². The molecule has 1 N–H and O–H groups in total. The second-order valence-electron chi connectivity index (χ2n) is 5.26. The topological polar surface area (TPSA) is 64.6 Å². The Morgan fingerprint density at radius 3 is 2.76 bits per heavy atom. The zero-order chi connectivity index (χ0) is 18.4. The Kier molecular flexibility index (Phi) is 6.61. The molecule has 0 radical (unpaired) electrons. The summed E-state index contributed by atoms with van der Waals surface area (Å²) in [5.41, 5.74) is 2.16. The lowest BCUT2D eigenvalue weighted by Gasteiger charge is -2.15. The van der Waals surface area contributed by atoms with Crippen molar-refractivity contribution in [1.29, 1.82) is 0 Å². The molecule has 1 aromatic carbocycles. The number of anilines is 1. The van der Waals surface area contributed by atoms with Gasteiger partial charge in [-0.15, -0.1) is 0 Å². The summed E-state index contributed by atoms with van der Waals surface area (Å²) in [5, 5.41) is 7.02. The number of halogens is 1. The van der Waals surface area contributed by atoms with E-state index >= 15 is 0 Å². The highest BCUT2D eigenvalue weighted by molar-refractivity contribution is 7.08. The normalized spacial score (nSPS) is 12.0. The van der Waals surface area contributed by atoms with Crippen LogP contribution in [0.5, 0.6) is 5.75 Å². The molecule has 0 fully saturated rings. The first-order valence-electron chi connectivity index (χ1n) is 7.46. The average Bonchev–Trinajstić information content (AvgIpc) is 3.09. The summed E-state index contributed by atoms with van der Waals surface area (Å²) in [4.78, 5) is 24.0. The summed E-state index contributed by atoms with van der Waals surface area (Å²) < 4.78 is 10.3. The minimum atomic E-state index is -0.958. The Bertz CT molecular complexity index is 787. The minimum Gasteiger partial charge on any atom is -0.495 e. The van der Waals surface area contributed by atoms with Gasteiger partial charge in [-0.1, -0.05) is 11.6 Å². The number of hydrogen-bond acceptors (Lipinski definition) is 5. The van der Waals surface area contributed by atoms with Crippen LogP contribution in [0.3, 0.4) is 0 Å². The maximum absolute atomic E-state index is 12.2. The molecule has 2 aromatic rings. The van der Waals surface area contributed by atoms with Gasteiger partial charge in [-0.05, 0) is 53.9 Å². The first-order chi connectivity index (χ1) is 11.9. The number of rotatable bonds is 6. The molecule has 0 spiro atoms. The van der Waals surface area contributed by atoms with Crippen LogP contribution in [0.15, 0.2) is 35.0 Å². The SMILES string of the molecule is COc1cc(Cl)c(C)cc1NC(=O)[C@H](C)OC(=O)/C=C/c1ccsc1. The van der Waals surface area contributed by atoms with Crippen molar-refractivity contribution in [3.05, 3.63) is 51.2 Å². The van der Waals surface area contributed by atoms with Crippen molar-refractivity contribution < 1.29 is 19.1 Å². The molecule has 2 rings (SSSR count). The molecule has 1 atom stereocenters. The number of aryl methyl sites for hydroxylation is 1. The summed E-state index contributed by atoms with van der Waals surface area (Å²) in [6.07, 6.45) is 1.97. The number of carbonyl (C=O) groups excluding carboxylic acids is 2. The highest BCUT2D eigenvalue weighted by atomic mass is 35.5. The Labute approximate surface area is 155 Å². The predicted octanol–water partition coefficient (Wildman–Crippen LogP) is 4.30. The molecule has 0 aliphatic heterocycles. The zero-order valence-electron chi connectivity index (χ0n) is 14.0. The standard InChI is InChI=1S/C18H18ClNO4S/c1-11-8-15(16(23-3)9-14(11)19)20-18(22)12(2)24-17(21)5-4-13-6-7-25-10-13/h4-10,12H,1-3H3,(H,20,22)/b5-4+/t12-/m0/s1. The highest BCUT2D eigenvalue weighted by Crippen LogP contribution is 2.31. The van der Waals surface area contributed by atoms with E-state index in [0.29, 0.717) is 16.5 Å². The lowest BCUT2D eigenvalue weighted by Crippen LogP contribution is -2.29. The maximum atomic E-state index is 12.2. The van der Waals surface area contributed by atoms with Gasteiger partial charge in [-0.25, -0.2) is 4.79 Å². The van der Waals surface area contributed by atoms with Crippen LogP contribution in [-0.4, -0.2) is 25.1 Å².